The van der Waals surface area contributed by atoms with E-state index in [4.69, 9.17) is 4.74 Å². The van der Waals surface area contributed by atoms with Crippen LogP contribution in [0, 0.1) is 45.3 Å². The van der Waals surface area contributed by atoms with Crippen molar-refractivity contribution in [3.63, 3.8) is 0 Å². The Kier molecular flexibility index (Phi) is 7.59. The third-order valence-corrected chi connectivity index (χ3v) is 11.7. The molecule has 226 valence electrons. The van der Waals surface area contributed by atoms with Gasteiger partial charge >= 0.3 is 11.9 Å². The van der Waals surface area contributed by atoms with E-state index in [1.165, 1.54) is 13.8 Å². The second-order valence-electron chi connectivity index (χ2n) is 14.3. The summed E-state index contributed by atoms with van der Waals surface area (Å²) in [6.45, 7) is 13.6. The maximum absolute atomic E-state index is 14.6. The SMILES string of the molecule is CC(=O)O[C@@H]1C(=O)C2=C([C@@H](O)C[C@H]3C(C)(C)C(=O)CC[C@]23C)[C@]2(C)C(=O)C[C@H]([C@H](C)CC(=O)CC(C)C(=O)O)[C@@]12C. The van der Waals surface area contributed by atoms with Gasteiger partial charge in [-0.05, 0) is 43.1 Å². The molecule has 4 rings (SSSR count). The molecule has 0 aromatic carbocycles. The first-order valence-electron chi connectivity index (χ1n) is 14.7. The predicted octanol–water partition coefficient (Wildman–Crippen LogP) is 3.88. The minimum absolute atomic E-state index is 0.00671. The largest absolute Gasteiger partial charge is 0.481 e. The number of aliphatic hydroxyl groups excluding tert-OH is 1. The summed E-state index contributed by atoms with van der Waals surface area (Å²) in [6, 6.07) is 0. The average molecular weight is 573 g/mol. The molecule has 2 saturated carbocycles. The Morgan fingerprint density at radius 2 is 1.61 bits per heavy atom. The Bertz CT molecular complexity index is 1260. The molecule has 0 spiro atoms. The predicted molar refractivity (Wildman–Crippen MR) is 147 cm³/mol. The van der Waals surface area contributed by atoms with Gasteiger partial charge in [0.15, 0.2) is 6.10 Å². The Hall–Kier alpha value is -2.68. The van der Waals surface area contributed by atoms with Crippen LogP contribution in [0.3, 0.4) is 0 Å². The van der Waals surface area contributed by atoms with E-state index < -0.39 is 69.3 Å². The number of Topliss-reactive ketones (excluding diaryl/α,β-unsaturated/α-hetero) is 4. The van der Waals surface area contributed by atoms with Crippen LogP contribution in [-0.2, 0) is 33.5 Å². The minimum Gasteiger partial charge on any atom is -0.481 e. The fraction of sp³-hybridized carbons (Fsp3) is 0.750. The number of aliphatic carboxylic acids is 1. The fourth-order valence-electron chi connectivity index (χ4n) is 9.26. The molecule has 41 heavy (non-hydrogen) atoms. The summed E-state index contributed by atoms with van der Waals surface area (Å²) >= 11 is 0. The standard InChI is InChI=1S/C32H44O9/c1-15(11-18(34)12-16(2)28(39)40)19-13-23(37)32(8)24-20(35)14-21-29(4,5)22(36)9-10-30(21,6)25(24)26(38)27(31(19,32)7)41-17(3)33/h15-16,19-21,27,35H,9-14H2,1-8H3,(H,39,40)/t15-,16?,19-,20+,21+,27-,30+,31+,32+/m1/s1. The average Bonchev–Trinajstić information content (AvgIpc) is 3.07. The molecule has 4 aliphatic rings. The molecule has 0 aromatic rings. The first kappa shape index (κ1) is 31.3. The molecule has 0 aliphatic heterocycles. The smallest absolute Gasteiger partial charge is 0.306 e. The Morgan fingerprint density at radius 3 is 2.17 bits per heavy atom. The number of carbonyl (C=O) groups is 6. The molecule has 0 heterocycles. The van der Waals surface area contributed by atoms with Gasteiger partial charge in [0, 0.05) is 54.4 Å². The summed E-state index contributed by atoms with van der Waals surface area (Å²) in [5.74, 6) is -4.74. The van der Waals surface area contributed by atoms with Crippen molar-refractivity contribution < 1.29 is 43.7 Å². The number of carboxylic acids is 1. The topological polar surface area (TPSA) is 152 Å². The second kappa shape index (κ2) is 9.96. The lowest BCUT2D eigenvalue weighted by atomic mass is 9.42. The van der Waals surface area contributed by atoms with Crippen molar-refractivity contribution >= 4 is 35.1 Å². The van der Waals surface area contributed by atoms with E-state index in [0.717, 1.165) is 0 Å². The van der Waals surface area contributed by atoms with Gasteiger partial charge in [0.1, 0.15) is 17.3 Å². The van der Waals surface area contributed by atoms with Crippen molar-refractivity contribution in [1.82, 2.24) is 0 Å². The summed E-state index contributed by atoms with van der Waals surface area (Å²) in [4.78, 5) is 78.4. The summed E-state index contributed by atoms with van der Waals surface area (Å²) in [7, 11) is 0. The van der Waals surface area contributed by atoms with Crippen LogP contribution in [0.1, 0.15) is 93.9 Å². The summed E-state index contributed by atoms with van der Waals surface area (Å²) in [5.41, 5.74) is -3.52. The van der Waals surface area contributed by atoms with Gasteiger partial charge in [-0.3, -0.25) is 28.8 Å². The first-order valence-corrected chi connectivity index (χ1v) is 14.7. The van der Waals surface area contributed by atoms with Crippen LogP contribution in [0.15, 0.2) is 11.1 Å². The lowest BCUT2D eigenvalue weighted by molar-refractivity contribution is -0.176. The molecular formula is C32H44O9. The fourth-order valence-corrected chi connectivity index (χ4v) is 9.26. The second-order valence-corrected chi connectivity index (χ2v) is 14.3. The van der Waals surface area contributed by atoms with Gasteiger partial charge in [-0.15, -0.1) is 0 Å². The Morgan fingerprint density at radius 1 is 1.00 bits per heavy atom. The quantitative estimate of drug-likeness (QED) is 0.433. The van der Waals surface area contributed by atoms with Gasteiger partial charge in [0.25, 0.3) is 0 Å². The van der Waals surface area contributed by atoms with Crippen LogP contribution in [0.2, 0.25) is 0 Å². The van der Waals surface area contributed by atoms with Crippen molar-refractivity contribution in [2.45, 2.75) is 106 Å². The number of hydrogen-bond acceptors (Lipinski definition) is 8. The number of esters is 1. The molecule has 4 aliphatic carbocycles. The minimum atomic E-state index is -1.36. The maximum atomic E-state index is 14.6. The van der Waals surface area contributed by atoms with Crippen LogP contribution in [0.25, 0.3) is 0 Å². The molecule has 0 aromatic heterocycles. The number of carboxylic acid groups (broad SMARTS) is 1. The number of ketones is 4. The van der Waals surface area contributed by atoms with E-state index in [2.05, 4.69) is 0 Å². The van der Waals surface area contributed by atoms with E-state index in [9.17, 15) is 39.0 Å². The van der Waals surface area contributed by atoms with E-state index >= 15 is 0 Å². The first-order chi connectivity index (χ1) is 18.8. The lowest BCUT2D eigenvalue weighted by Crippen LogP contribution is -2.65. The number of carbonyl (C=O) groups excluding carboxylic acids is 5. The highest BCUT2D eigenvalue weighted by Crippen LogP contribution is 2.70. The highest BCUT2D eigenvalue weighted by atomic mass is 16.5. The maximum Gasteiger partial charge on any atom is 0.306 e. The molecule has 0 saturated heterocycles. The van der Waals surface area contributed by atoms with Crippen LogP contribution >= 0.6 is 0 Å². The summed E-state index contributed by atoms with van der Waals surface area (Å²) in [6.07, 6.45) is -1.71. The number of hydrogen-bond donors (Lipinski definition) is 2. The van der Waals surface area contributed by atoms with E-state index in [-0.39, 0.29) is 55.4 Å². The number of fused-ring (bicyclic) bond motifs is 4. The highest BCUT2D eigenvalue weighted by Gasteiger charge is 2.74. The third-order valence-electron chi connectivity index (χ3n) is 11.7. The van der Waals surface area contributed by atoms with Gasteiger partial charge < -0.3 is 14.9 Å². The number of aliphatic hydroxyl groups is 1. The van der Waals surface area contributed by atoms with Crippen molar-refractivity contribution in [2.75, 3.05) is 0 Å². The van der Waals surface area contributed by atoms with E-state index in [0.29, 0.717) is 17.6 Å². The van der Waals surface area contributed by atoms with Gasteiger partial charge in [0.2, 0.25) is 5.78 Å². The summed E-state index contributed by atoms with van der Waals surface area (Å²) in [5, 5.41) is 21.0. The zero-order valence-corrected chi connectivity index (χ0v) is 25.5. The summed E-state index contributed by atoms with van der Waals surface area (Å²) < 4.78 is 5.81. The van der Waals surface area contributed by atoms with Gasteiger partial charge in [-0.1, -0.05) is 41.5 Å². The lowest BCUT2D eigenvalue weighted by Gasteiger charge is -2.61. The zero-order valence-electron chi connectivity index (χ0n) is 25.5. The van der Waals surface area contributed by atoms with Crippen LogP contribution in [0.5, 0.6) is 0 Å². The Labute approximate surface area is 241 Å². The molecule has 0 bridgehead atoms. The zero-order chi connectivity index (χ0) is 31.0. The third kappa shape index (κ3) is 4.28. The number of ether oxygens (including phenoxy) is 1. The van der Waals surface area contributed by atoms with E-state index in [1.54, 1.807) is 20.8 Å². The molecule has 1 unspecified atom stereocenters. The van der Waals surface area contributed by atoms with Crippen molar-refractivity contribution in [3.05, 3.63) is 11.1 Å². The molecule has 9 atom stereocenters. The van der Waals surface area contributed by atoms with Crippen LogP contribution in [-0.4, -0.2) is 57.5 Å². The molecule has 9 nitrogen and oxygen atoms in total. The molecule has 2 N–H and O–H groups in total. The van der Waals surface area contributed by atoms with Crippen molar-refractivity contribution in [1.29, 1.82) is 0 Å². The number of rotatable bonds is 7. The monoisotopic (exact) mass is 572 g/mol. The van der Waals surface area contributed by atoms with Gasteiger partial charge in [0.05, 0.1) is 17.4 Å². The Balaban J connectivity index is 1.88. The van der Waals surface area contributed by atoms with Crippen LogP contribution in [0.4, 0.5) is 0 Å². The van der Waals surface area contributed by atoms with Gasteiger partial charge in [-0.25, -0.2) is 0 Å². The molecule has 9 heteroatoms. The highest BCUT2D eigenvalue weighted by molar-refractivity contribution is 6.09. The van der Waals surface area contributed by atoms with Crippen molar-refractivity contribution in [3.8, 4) is 0 Å². The molecule has 0 amide bonds. The molecule has 0 radical (unpaired) electrons. The van der Waals surface area contributed by atoms with Gasteiger partial charge in [-0.2, -0.15) is 0 Å². The van der Waals surface area contributed by atoms with Crippen molar-refractivity contribution in [2.24, 2.45) is 45.3 Å². The molecule has 2 fully saturated rings. The van der Waals surface area contributed by atoms with E-state index in [1.807, 2.05) is 20.8 Å². The molecular weight excluding hydrogens is 528 g/mol. The normalized spacial score (nSPS) is 39.4. The van der Waals surface area contributed by atoms with Crippen LogP contribution < -0.4 is 0 Å².